The van der Waals surface area contributed by atoms with Crippen molar-refractivity contribution in [2.24, 2.45) is 0 Å². The number of halogens is 1. The summed E-state index contributed by atoms with van der Waals surface area (Å²) >= 11 is 0. The Labute approximate surface area is 206 Å². The van der Waals surface area contributed by atoms with Crippen molar-refractivity contribution in [3.8, 4) is 0 Å². The summed E-state index contributed by atoms with van der Waals surface area (Å²) in [6, 6.07) is 8.13. The first kappa shape index (κ1) is 25.4. The van der Waals surface area contributed by atoms with Gasteiger partial charge in [0.25, 0.3) is 0 Å². The van der Waals surface area contributed by atoms with Crippen LogP contribution in [-0.2, 0) is 16.4 Å². The van der Waals surface area contributed by atoms with Crippen molar-refractivity contribution >= 4 is 26.4 Å². The number of quaternary nitrogens is 1. The first-order valence-electron chi connectivity index (χ1n) is 12.4. The van der Waals surface area contributed by atoms with Crippen LogP contribution >= 0.6 is 0 Å². The Balaban J connectivity index is 1.90. The van der Waals surface area contributed by atoms with Gasteiger partial charge in [-0.05, 0) is 56.5 Å². The number of likely N-dealkylation sites (N-methyl/N-ethyl adjacent to an activating group) is 1. The average molecular weight is 501 g/mol. The van der Waals surface area contributed by atoms with Crippen molar-refractivity contribution in [3.05, 3.63) is 63.7 Å². The molecule has 0 radical (unpaired) electrons. The summed E-state index contributed by atoms with van der Waals surface area (Å²) in [5.41, 5.74) is 1.76. The molecule has 1 N–H and O–H groups in total. The standard InChI is InChI=1S/C27H34FN3O3S/c1-5-7-10-31-18-26(35(33,34)25-15-19(3)8-9-20(25)4)27(32)21-16-22(28)24(17-23(21)31)30-13-11-29(6-2)12-14-30/h8-9,15-18H,5-7,10-14H2,1-4H3/p+1. The molecular weight excluding hydrogens is 465 g/mol. The lowest BCUT2D eigenvalue weighted by Crippen LogP contribution is -3.14. The van der Waals surface area contributed by atoms with Gasteiger partial charge in [-0.25, -0.2) is 12.8 Å². The Morgan fingerprint density at radius 2 is 1.74 bits per heavy atom. The monoisotopic (exact) mass is 500 g/mol. The van der Waals surface area contributed by atoms with Gasteiger partial charge in [0.05, 0.1) is 54.2 Å². The van der Waals surface area contributed by atoms with Gasteiger partial charge in [0.2, 0.25) is 15.3 Å². The van der Waals surface area contributed by atoms with Crippen LogP contribution in [0.15, 0.2) is 51.1 Å². The Kier molecular flexibility index (Phi) is 7.33. The molecule has 35 heavy (non-hydrogen) atoms. The van der Waals surface area contributed by atoms with Crippen molar-refractivity contribution in [1.29, 1.82) is 0 Å². The van der Waals surface area contributed by atoms with Gasteiger partial charge in [-0.2, -0.15) is 0 Å². The van der Waals surface area contributed by atoms with E-state index in [1.807, 2.05) is 22.5 Å². The lowest BCUT2D eigenvalue weighted by molar-refractivity contribution is -0.898. The van der Waals surface area contributed by atoms with Crippen LogP contribution in [0.4, 0.5) is 10.1 Å². The van der Waals surface area contributed by atoms with Crippen LogP contribution in [0.25, 0.3) is 10.9 Å². The predicted octanol–water partition coefficient (Wildman–Crippen LogP) is 3.12. The highest BCUT2D eigenvalue weighted by Crippen LogP contribution is 2.29. The summed E-state index contributed by atoms with van der Waals surface area (Å²) < 4.78 is 44.5. The molecule has 0 unspecified atom stereocenters. The number of benzene rings is 2. The fourth-order valence-electron chi connectivity index (χ4n) is 4.85. The fraction of sp³-hybridized carbons (Fsp3) is 0.444. The largest absolute Gasteiger partial charge is 0.358 e. The maximum absolute atomic E-state index is 15.4. The van der Waals surface area contributed by atoms with Gasteiger partial charge in [0.1, 0.15) is 10.7 Å². The summed E-state index contributed by atoms with van der Waals surface area (Å²) in [5, 5.41) is 0.103. The second-order valence-electron chi connectivity index (χ2n) is 9.55. The number of sulfone groups is 1. The van der Waals surface area contributed by atoms with Crippen LogP contribution in [0.2, 0.25) is 0 Å². The number of aryl methyl sites for hydroxylation is 3. The molecule has 1 fully saturated rings. The molecule has 1 aromatic heterocycles. The van der Waals surface area contributed by atoms with Gasteiger partial charge in [-0.1, -0.05) is 25.5 Å². The summed E-state index contributed by atoms with van der Waals surface area (Å²) in [5.74, 6) is -0.488. The number of nitrogens with zero attached hydrogens (tertiary/aromatic N) is 2. The van der Waals surface area contributed by atoms with Gasteiger partial charge >= 0.3 is 0 Å². The number of nitrogens with one attached hydrogen (secondary N) is 1. The van der Waals surface area contributed by atoms with E-state index >= 15 is 4.39 Å². The smallest absolute Gasteiger partial charge is 0.212 e. The van der Waals surface area contributed by atoms with E-state index in [9.17, 15) is 13.2 Å². The molecule has 188 valence electrons. The maximum atomic E-state index is 15.4. The summed E-state index contributed by atoms with van der Waals surface area (Å²) in [7, 11) is -4.08. The van der Waals surface area contributed by atoms with Crippen LogP contribution in [0.5, 0.6) is 0 Å². The van der Waals surface area contributed by atoms with Crippen molar-refractivity contribution in [2.75, 3.05) is 37.6 Å². The highest BCUT2D eigenvalue weighted by atomic mass is 32.2. The van der Waals surface area contributed by atoms with Crippen LogP contribution in [0.3, 0.4) is 0 Å². The van der Waals surface area contributed by atoms with Crippen LogP contribution in [0, 0.1) is 19.7 Å². The topological polar surface area (TPSA) is 63.8 Å². The second kappa shape index (κ2) is 10.1. The molecule has 1 aliphatic heterocycles. The van der Waals surface area contributed by atoms with Gasteiger partial charge in [0, 0.05) is 12.7 Å². The molecule has 1 aliphatic rings. The van der Waals surface area contributed by atoms with Gasteiger partial charge in [0.15, 0.2) is 0 Å². The molecule has 0 spiro atoms. The number of rotatable bonds is 7. The number of anilines is 1. The number of hydrogen-bond donors (Lipinski definition) is 1. The van der Waals surface area contributed by atoms with E-state index in [-0.39, 0.29) is 15.2 Å². The zero-order valence-corrected chi connectivity index (χ0v) is 21.8. The quantitative estimate of drug-likeness (QED) is 0.542. The van der Waals surface area contributed by atoms with Crippen molar-refractivity contribution < 1.29 is 17.7 Å². The third-order valence-corrected chi connectivity index (χ3v) is 8.99. The molecule has 2 aromatic carbocycles. The molecule has 0 saturated carbocycles. The van der Waals surface area contributed by atoms with Gasteiger partial charge in [-0.3, -0.25) is 4.79 Å². The van der Waals surface area contributed by atoms with Crippen LogP contribution in [-0.4, -0.2) is 45.7 Å². The van der Waals surface area contributed by atoms with E-state index in [2.05, 4.69) is 13.8 Å². The minimum atomic E-state index is -4.08. The van der Waals surface area contributed by atoms with E-state index in [1.54, 1.807) is 25.1 Å². The first-order chi connectivity index (χ1) is 16.7. The minimum absolute atomic E-state index is 0.103. The molecule has 4 rings (SSSR count). The lowest BCUT2D eigenvalue weighted by atomic mass is 10.1. The molecule has 1 saturated heterocycles. The van der Waals surface area contributed by atoms with Crippen LogP contribution in [0.1, 0.15) is 37.8 Å². The number of hydrogen-bond acceptors (Lipinski definition) is 4. The Bertz CT molecular complexity index is 1410. The Morgan fingerprint density at radius 1 is 1.03 bits per heavy atom. The van der Waals surface area contributed by atoms with Gasteiger partial charge < -0.3 is 14.4 Å². The third-order valence-electron chi connectivity index (χ3n) is 7.10. The average Bonchev–Trinajstić information content (AvgIpc) is 2.85. The molecule has 0 atom stereocenters. The molecule has 2 heterocycles. The SMILES string of the molecule is CCCCn1cc(S(=O)(=O)c2cc(C)ccc2C)c(=O)c2cc(F)c(N3CC[NH+](CC)CC3)cc21. The predicted molar refractivity (Wildman–Crippen MR) is 138 cm³/mol. The lowest BCUT2D eigenvalue weighted by Gasteiger charge is -2.33. The number of piperazine rings is 1. The Morgan fingerprint density at radius 3 is 2.40 bits per heavy atom. The molecule has 6 nitrogen and oxygen atoms in total. The third kappa shape index (κ3) is 4.86. The minimum Gasteiger partial charge on any atom is -0.358 e. The number of fused-ring (bicyclic) bond motifs is 1. The van der Waals surface area contributed by atoms with Gasteiger partial charge in [-0.15, -0.1) is 0 Å². The van der Waals surface area contributed by atoms with E-state index in [0.29, 0.717) is 23.3 Å². The maximum Gasteiger partial charge on any atom is 0.212 e. The zero-order chi connectivity index (χ0) is 25.3. The summed E-state index contributed by atoms with van der Waals surface area (Å²) in [6.07, 6.45) is 3.17. The molecular formula is C27H35FN3O3S+. The van der Waals surface area contributed by atoms with Crippen molar-refractivity contribution in [3.63, 3.8) is 0 Å². The zero-order valence-electron chi connectivity index (χ0n) is 21.0. The van der Waals surface area contributed by atoms with E-state index in [4.69, 9.17) is 0 Å². The summed E-state index contributed by atoms with van der Waals surface area (Å²) in [4.78, 5) is 16.8. The van der Waals surface area contributed by atoms with E-state index in [0.717, 1.165) is 51.1 Å². The summed E-state index contributed by atoms with van der Waals surface area (Å²) in [6.45, 7) is 12.7. The normalized spacial score (nSPS) is 15.2. The molecule has 0 aliphatic carbocycles. The molecule has 3 aromatic rings. The Hall–Kier alpha value is -2.71. The molecule has 8 heteroatoms. The molecule has 0 bridgehead atoms. The fourth-order valence-corrected chi connectivity index (χ4v) is 6.54. The van der Waals surface area contributed by atoms with Crippen LogP contribution < -0.4 is 15.2 Å². The first-order valence-corrected chi connectivity index (χ1v) is 13.9. The number of unbranched alkanes of at least 4 members (excludes halogenated alkanes) is 1. The molecule has 0 amide bonds. The highest BCUT2D eigenvalue weighted by Gasteiger charge is 2.27. The highest BCUT2D eigenvalue weighted by molar-refractivity contribution is 7.91. The number of pyridine rings is 1. The number of aromatic nitrogens is 1. The van der Waals surface area contributed by atoms with E-state index in [1.165, 1.54) is 17.2 Å². The van der Waals surface area contributed by atoms with Crippen molar-refractivity contribution in [2.45, 2.75) is 56.9 Å². The van der Waals surface area contributed by atoms with E-state index < -0.39 is 21.1 Å². The van der Waals surface area contributed by atoms with Crippen molar-refractivity contribution in [1.82, 2.24) is 4.57 Å². The second-order valence-corrected chi connectivity index (χ2v) is 11.4.